The normalized spacial score (nSPS) is 25.4. The summed E-state index contributed by atoms with van der Waals surface area (Å²) in [6.07, 6.45) is 3.53. The van der Waals surface area contributed by atoms with Crippen molar-refractivity contribution in [1.82, 2.24) is 0 Å². The molecule has 4 heteroatoms. The monoisotopic (exact) mass is 279 g/mol. The molecule has 0 aromatic heterocycles. The van der Waals surface area contributed by atoms with E-state index >= 15 is 0 Å². The van der Waals surface area contributed by atoms with Gasteiger partial charge in [0.15, 0.2) is 0 Å². The van der Waals surface area contributed by atoms with Gasteiger partial charge in [0, 0.05) is 5.69 Å². The molecule has 110 valence electrons. The fourth-order valence-corrected chi connectivity index (χ4v) is 2.96. The van der Waals surface area contributed by atoms with Crippen LogP contribution in [0.25, 0.3) is 0 Å². The van der Waals surface area contributed by atoms with Crippen LogP contribution < -0.4 is 5.32 Å². The lowest BCUT2D eigenvalue weighted by Gasteiger charge is -2.29. The quantitative estimate of drug-likeness (QED) is 0.834. The lowest BCUT2D eigenvalue weighted by atomic mass is 9.94. The summed E-state index contributed by atoms with van der Waals surface area (Å²) >= 11 is 0. The minimum atomic E-state index is -0.704. The number of hydrogen-bond acceptors (Lipinski definition) is 3. The summed E-state index contributed by atoms with van der Waals surface area (Å²) in [6.45, 7) is 4.30. The van der Waals surface area contributed by atoms with Gasteiger partial charge in [0.2, 0.25) is 0 Å². The summed E-state index contributed by atoms with van der Waals surface area (Å²) in [7, 11) is 0. The minimum Gasteiger partial charge on any atom is -0.464 e. The highest BCUT2D eigenvalue weighted by Crippen LogP contribution is 2.39. The first kappa shape index (κ1) is 14.8. The topological polar surface area (TPSA) is 38.3 Å². The van der Waals surface area contributed by atoms with E-state index in [9.17, 15) is 9.18 Å². The number of nitrogens with one attached hydrogen (secondary N) is 1. The van der Waals surface area contributed by atoms with Gasteiger partial charge in [-0.15, -0.1) is 0 Å². The van der Waals surface area contributed by atoms with Crippen LogP contribution in [0.4, 0.5) is 10.1 Å². The average Bonchev–Trinajstić information content (AvgIpc) is 2.84. The Morgan fingerprint density at radius 2 is 2.30 bits per heavy atom. The Morgan fingerprint density at radius 1 is 1.50 bits per heavy atom. The van der Waals surface area contributed by atoms with Crippen molar-refractivity contribution in [1.29, 1.82) is 0 Å². The second-order valence-corrected chi connectivity index (χ2v) is 5.45. The maximum absolute atomic E-state index is 13.3. The molecule has 1 aliphatic rings. The van der Waals surface area contributed by atoms with Crippen LogP contribution in [0.1, 0.15) is 39.5 Å². The first-order chi connectivity index (χ1) is 9.59. The van der Waals surface area contributed by atoms with E-state index in [4.69, 9.17) is 4.74 Å². The van der Waals surface area contributed by atoms with Crippen LogP contribution in [0, 0.1) is 11.7 Å². The Morgan fingerprint density at radius 3 is 2.90 bits per heavy atom. The van der Waals surface area contributed by atoms with Crippen LogP contribution >= 0.6 is 0 Å². The molecule has 0 heterocycles. The van der Waals surface area contributed by atoms with Gasteiger partial charge in [0.25, 0.3) is 0 Å². The molecule has 2 rings (SSSR count). The fourth-order valence-electron chi connectivity index (χ4n) is 2.96. The molecule has 2 atom stereocenters. The molecule has 2 unspecified atom stereocenters. The van der Waals surface area contributed by atoms with E-state index in [-0.39, 0.29) is 11.8 Å². The van der Waals surface area contributed by atoms with E-state index in [1.807, 2.05) is 0 Å². The molecule has 0 radical (unpaired) electrons. The molecule has 1 N–H and O–H groups in total. The zero-order chi connectivity index (χ0) is 14.6. The lowest BCUT2D eigenvalue weighted by Crippen LogP contribution is -2.45. The summed E-state index contributed by atoms with van der Waals surface area (Å²) in [6, 6.07) is 6.23. The number of carbonyl (C=O) groups excluding carboxylic acids is 1. The highest BCUT2D eigenvalue weighted by Gasteiger charge is 2.46. The van der Waals surface area contributed by atoms with Crippen molar-refractivity contribution < 1.29 is 13.9 Å². The largest absolute Gasteiger partial charge is 0.464 e. The Labute approximate surface area is 119 Å². The highest BCUT2D eigenvalue weighted by molar-refractivity contribution is 5.85. The molecule has 3 nitrogen and oxygen atoms in total. The van der Waals surface area contributed by atoms with E-state index < -0.39 is 5.54 Å². The molecule has 0 aliphatic heterocycles. The smallest absolute Gasteiger partial charge is 0.331 e. The number of benzene rings is 1. The molecule has 1 aliphatic carbocycles. The Balaban J connectivity index is 2.21. The summed E-state index contributed by atoms with van der Waals surface area (Å²) in [5.74, 6) is -0.0141. The van der Waals surface area contributed by atoms with Gasteiger partial charge >= 0.3 is 5.97 Å². The Bertz CT molecular complexity index is 477. The first-order valence-electron chi connectivity index (χ1n) is 7.30. The first-order valence-corrected chi connectivity index (χ1v) is 7.30. The van der Waals surface area contributed by atoms with Gasteiger partial charge in [-0.05, 0) is 50.3 Å². The van der Waals surface area contributed by atoms with E-state index in [1.165, 1.54) is 12.1 Å². The highest BCUT2D eigenvalue weighted by atomic mass is 19.1. The summed E-state index contributed by atoms with van der Waals surface area (Å²) in [5, 5.41) is 3.23. The molecule has 0 spiro atoms. The van der Waals surface area contributed by atoms with Gasteiger partial charge in [-0.25, -0.2) is 9.18 Å². The van der Waals surface area contributed by atoms with Crippen molar-refractivity contribution in [2.75, 3.05) is 11.9 Å². The van der Waals surface area contributed by atoms with Crippen molar-refractivity contribution in [3.63, 3.8) is 0 Å². The maximum Gasteiger partial charge on any atom is 0.331 e. The number of carbonyl (C=O) groups is 1. The second kappa shape index (κ2) is 6.25. The Kier molecular flexibility index (Phi) is 4.63. The summed E-state index contributed by atoms with van der Waals surface area (Å²) in [5.41, 5.74) is -0.0698. The number of hydrogen-bond donors (Lipinski definition) is 1. The minimum absolute atomic E-state index is 0.222. The predicted octanol–water partition coefficient (Wildman–Crippen LogP) is 3.75. The molecule has 1 aromatic carbocycles. The molecular formula is C16H22FNO2. The van der Waals surface area contributed by atoms with Gasteiger partial charge < -0.3 is 10.1 Å². The van der Waals surface area contributed by atoms with Crippen LogP contribution in [0.2, 0.25) is 0 Å². The third-order valence-electron chi connectivity index (χ3n) is 4.07. The molecular weight excluding hydrogens is 257 g/mol. The third kappa shape index (κ3) is 3.11. The predicted molar refractivity (Wildman–Crippen MR) is 77.0 cm³/mol. The zero-order valence-electron chi connectivity index (χ0n) is 12.1. The van der Waals surface area contributed by atoms with E-state index in [0.29, 0.717) is 18.2 Å². The molecule has 0 amide bonds. The second-order valence-electron chi connectivity index (χ2n) is 5.45. The van der Waals surface area contributed by atoms with Gasteiger partial charge in [-0.2, -0.15) is 0 Å². The van der Waals surface area contributed by atoms with Crippen LogP contribution in [-0.4, -0.2) is 18.1 Å². The molecule has 0 bridgehead atoms. The van der Waals surface area contributed by atoms with Crippen LogP contribution in [0.15, 0.2) is 24.3 Å². The van der Waals surface area contributed by atoms with E-state index in [1.54, 1.807) is 19.1 Å². The molecule has 1 saturated carbocycles. The number of halogens is 1. The van der Waals surface area contributed by atoms with Crippen LogP contribution in [0.5, 0.6) is 0 Å². The Hall–Kier alpha value is -1.58. The van der Waals surface area contributed by atoms with Crippen molar-refractivity contribution in [3.05, 3.63) is 30.1 Å². The number of esters is 1. The van der Waals surface area contributed by atoms with Crippen molar-refractivity contribution in [2.24, 2.45) is 5.92 Å². The van der Waals surface area contributed by atoms with Crippen molar-refractivity contribution in [2.45, 2.75) is 45.1 Å². The SMILES string of the molecule is CCOC(=O)C1(Nc2cccc(F)c2)CCC(CC)C1. The van der Waals surface area contributed by atoms with Gasteiger partial charge in [-0.3, -0.25) is 0 Å². The lowest BCUT2D eigenvalue weighted by molar-refractivity contribution is -0.148. The van der Waals surface area contributed by atoms with Crippen LogP contribution in [-0.2, 0) is 9.53 Å². The van der Waals surface area contributed by atoms with Crippen molar-refractivity contribution in [3.8, 4) is 0 Å². The van der Waals surface area contributed by atoms with Crippen molar-refractivity contribution >= 4 is 11.7 Å². The molecule has 1 aromatic rings. The van der Waals surface area contributed by atoms with Gasteiger partial charge in [0.05, 0.1) is 6.61 Å². The summed E-state index contributed by atoms with van der Waals surface area (Å²) in [4.78, 5) is 12.3. The molecule has 20 heavy (non-hydrogen) atoms. The third-order valence-corrected chi connectivity index (χ3v) is 4.07. The van der Waals surface area contributed by atoms with E-state index in [0.717, 1.165) is 25.7 Å². The fraction of sp³-hybridized carbons (Fsp3) is 0.562. The average molecular weight is 279 g/mol. The summed E-state index contributed by atoms with van der Waals surface area (Å²) < 4.78 is 18.5. The number of rotatable bonds is 5. The number of ether oxygens (including phenoxy) is 1. The standard InChI is InChI=1S/C16H22FNO2/c1-3-12-8-9-16(11-12,15(19)20-4-2)18-14-7-5-6-13(17)10-14/h5-7,10,12,18H,3-4,8-9,11H2,1-2H3. The number of anilines is 1. The van der Waals surface area contributed by atoms with Gasteiger partial charge in [-0.1, -0.05) is 19.4 Å². The van der Waals surface area contributed by atoms with Crippen LogP contribution in [0.3, 0.4) is 0 Å². The molecule has 0 saturated heterocycles. The van der Waals surface area contributed by atoms with Gasteiger partial charge in [0.1, 0.15) is 11.4 Å². The maximum atomic E-state index is 13.3. The molecule has 1 fully saturated rings. The van der Waals surface area contributed by atoms with E-state index in [2.05, 4.69) is 12.2 Å². The zero-order valence-corrected chi connectivity index (χ0v) is 12.1.